The first-order valence-electron chi connectivity index (χ1n) is 11.6. The summed E-state index contributed by atoms with van der Waals surface area (Å²) in [6.07, 6.45) is 1.28. The molecule has 1 amide bonds. The summed E-state index contributed by atoms with van der Waals surface area (Å²) in [5.41, 5.74) is 5.09. The minimum Gasteiger partial charge on any atom is -0.493 e. The number of amides is 1. The number of carbonyl (C=O) groups is 2. The van der Waals surface area contributed by atoms with Crippen molar-refractivity contribution in [3.8, 4) is 17.2 Å². The van der Waals surface area contributed by atoms with Crippen molar-refractivity contribution >= 4 is 17.4 Å². The Balaban J connectivity index is 1.94. The molecule has 0 bridgehead atoms. The third-order valence-electron chi connectivity index (χ3n) is 6.70. The van der Waals surface area contributed by atoms with Crippen LogP contribution in [-0.4, -0.2) is 33.0 Å². The lowest BCUT2D eigenvalue weighted by molar-refractivity contribution is -0.121. The predicted molar refractivity (Wildman–Crippen MR) is 132 cm³/mol. The molecule has 1 atom stereocenters. The SMILES string of the molecule is COc1cc(C2CC(=O)N(c3cc(C)cc(C)c3)C3=C2C(=O)CC(C)(C)C3)cc(OC)c1OC. The third kappa shape index (κ3) is 4.17. The molecule has 0 aromatic heterocycles. The number of anilines is 1. The van der Waals surface area contributed by atoms with Crippen LogP contribution in [0.5, 0.6) is 17.2 Å². The van der Waals surface area contributed by atoms with Crippen molar-refractivity contribution < 1.29 is 23.8 Å². The maximum Gasteiger partial charge on any atom is 0.232 e. The van der Waals surface area contributed by atoms with Crippen LogP contribution >= 0.6 is 0 Å². The number of ketones is 1. The van der Waals surface area contributed by atoms with Crippen LogP contribution in [0.4, 0.5) is 5.69 Å². The number of allylic oxidation sites excluding steroid dienone is 2. The van der Waals surface area contributed by atoms with Gasteiger partial charge in [-0.25, -0.2) is 0 Å². The number of rotatable bonds is 5. The minimum absolute atomic E-state index is 0.0204. The highest BCUT2D eigenvalue weighted by atomic mass is 16.5. The van der Waals surface area contributed by atoms with Crippen LogP contribution in [0, 0.1) is 19.3 Å². The maximum absolute atomic E-state index is 13.7. The fourth-order valence-electron chi connectivity index (χ4n) is 5.38. The van der Waals surface area contributed by atoms with Gasteiger partial charge in [-0.05, 0) is 66.6 Å². The molecular formula is C28H33NO5. The van der Waals surface area contributed by atoms with E-state index in [1.165, 1.54) is 0 Å². The van der Waals surface area contributed by atoms with Gasteiger partial charge in [-0.15, -0.1) is 0 Å². The van der Waals surface area contributed by atoms with Gasteiger partial charge in [0.05, 0.1) is 21.3 Å². The molecule has 1 unspecified atom stereocenters. The second-order valence-corrected chi connectivity index (χ2v) is 10.1. The Kier molecular flexibility index (Phi) is 6.19. The van der Waals surface area contributed by atoms with E-state index in [-0.39, 0.29) is 29.4 Å². The van der Waals surface area contributed by atoms with Gasteiger partial charge in [0, 0.05) is 35.7 Å². The smallest absolute Gasteiger partial charge is 0.232 e. The molecule has 0 N–H and O–H groups in total. The summed E-state index contributed by atoms with van der Waals surface area (Å²) >= 11 is 0. The highest BCUT2D eigenvalue weighted by Gasteiger charge is 2.44. The summed E-state index contributed by atoms with van der Waals surface area (Å²) in [4.78, 5) is 29.1. The van der Waals surface area contributed by atoms with Gasteiger partial charge in [-0.2, -0.15) is 0 Å². The van der Waals surface area contributed by atoms with Gasteiger partial charge in [-0.3, -0.25) is 14.5 Å². The van der Waals surface area contributed by atoms with E-state index in [1.807, 2.05) is 38.1 Å². The number of nitrogens with zero attached hydrogens (tertiary/aromatic N) is 1. The van der Waals surface area contributed by atoms with E-state index in [4.69, 9.17) is 14.2 Å². The van der Waals surface area contributed by atoms with Crippen molar-refractivity contribution in [1.82, 2.24) is 0 Å². The summed E-state index contributed by atoms with van der Waals surface area (Å²) in [5.74, 6) is 1.19. The monoisotopic (exact) mass is 463 g/mol. The summed E-state index contributed by atoms with van der Waals surface area (Å²) in [7, 11) is 4.68. The summed E-state index contributed by atoms with van der Waals surface area (Å²) in [6, 6.07) is 9.82. The molecule has 0 radical (unpaired) electrons. The van der Waals surface area contributed by atoms with Crippen LogP contribution in [0.3, 0.4) is 0 Å². The van der Waals surface area contributed by atoms with E-state index in [1.54, 1.807) is 26.2 Å². The van der Waals surface area contributed by atoms with Crippen molar-refractivity contribution in [3.63, 3.8) is 0 Å². The molecule has 0 saturated heterocycles. The van der Waals surface area contributed by atoms with Gasteiger partial charge < -0.3 is 14.2 Å². The van der Waals surface area contributed by atoms with Crippen LogP contribution in [0.2, 0.25) is 0 Å². The molecule has 1 heterocycles. The van der Waals surface area contributed by atoms with Gasteiger partial charge in [0.2, 0.25) is 11.7 Å². The zero-order valence-corrected chi connectivity index (χ0v) is 21.1. The molecule has 6 heteroatoms. The second kappa shape index (κ2) is 8.82. The lowest BCUT2D eigenvalue weighted by atomic mass is 9.69. The summed E-state index contributed by atoms with van der Waals surface area (Å²) < 4.78 is 16.6. The van der Waals surface area contributed by atoms with E-state index in [0.717, 1.165) is 28.1 Å². The Morgan fingerprint density at radius 3 is 1.97 bits per heavy atom. The lowest BCUT2D eigenvalue weighted by Gasteiger charge is -2.43. The topological polar surface area (TPSA) is 65.1 Å². The first kappa shape index (κ1) is 23.9. The molecule has 180 valence electrons. The molecule has 2 aliphatic rings. The molecule has 4 rings (SSSR count). The van der Waals surface area contributed by atoms with Gasteiger partial charge >= 0.3 is 0 Å². The largest absolute Gasteiger partial charge is 0.493 e. The van der Waals surface area contributed by atoms with Crippen molar-refractivity contribution in [1.29, 1.82) is 0 Å². The Labute approximate surface area is 201 Å². The average Bonchev–Trinajstić information content (AvgIpc) is 2.75. The van der Waals surface area contributed by atoms with Crippen molar-refractivity contribution in [2.75, 3.05) is 26.2 Å². The van der Waals surface area contributed by atoms with Crippen molar-refractivity contribution in [3.05, 3.63) is 58.3 Å². The first-order chi connectivity index (χ1) is 16.1. The van der Waals surface area contributed by atoms with E-state index in [9.17, 15) is 9.59 Å². The molecule has 1 aliphatic carbocycles. The van der Waals surface area contributed by atoms with Crippen LogP contribution in [0.15, 0.2) is 41.6 Å². The minimum atomic E-state index is -0.373. The Morgan fingerprint density at radius 1 is 0.853 bits per heavy atom. The maximum atomic E-state index is 13.7. The molecule has 0 spiro atoms. The highest BCUT2D eigenvalue weighted by Crippen LogP contribution is 2.50. The van der Waals surface area contributed by atoms with Gasteiger partial charge in [0.15, 0.2) is 17.3 Å². The quantitative estimate of drug-likeness (QED) is 0.586. The molecule has 1 aliphatic heterocycles. The Bertz CT molecular complexity index is 1150. The number of aryl methyl sites for hydroxylation is 2. The van der Waals surface area contributed by atoms with Crippen LogP contribution < -0.4 is 19.1 Å². The van der Waals surface area contributed by atoms with Crippen molar-refractivity contribution in [2.45, 2.75) is 52.9 Å². The second-order valence-electron chi connectivity index (χ2n) is 10.1. The summed E-state index contributed by atoms with van der Waals surface area (Å²) in [5, 5.41) is 0. The first-order valence-corrected chi connectivity index (χ1v) is 11.6. The lowest BCUT2D eigenvalue weighted by Crippen LogP contribution is -2.43. The fourth-order valence-corrected chi connectivity index (χ4v) is 5.38. The number of carbonyl (C=O) groups excluding carboxylic acids is 2. The Hall–Kier alpha value is -3.28. The highest BCUT2D eigenvalue weighted by molar-refractivity contribution is 6.08. The van der Waals surface area contributed by atoms with Gasteiger partial charge in [-0.1, -0.05) is 19.9 Å². The number of hydrogen-bond acceptors (Lipinski definition) is 5. The molecular weight excluding hydrogens is 430 g/mol. The Morgan fingerprint density at radius 2 is 1.44 bits per heavy atom. The molecule has 2 aromatic rings. The predicted octanol–water partition coefficient (Wildman–Crippen LogP) is 5.49. The van der Waals surface area contributed by atoms with Crippen molar-refractivity contribution in [2.24, 2.45) is 5.41 Å². The molecule has 34 heavy (non-hydrogen) atoms. The van der Waals surface area contributed by atoms with Gasteiger partial charge in [0.1, 0.15) is 0 Å². The standard InChI is InChI=1S/C28H33NO5/c1-16-8-17(2)10-19(9-16)29-21-14-28(3,4)15-22(30)26(21)20(13-25(29)31)18-11-23(32-5)27(34-7)24(12-18)33-6/h8-12,20H,13-15H2,1-7H3. The van der Waals surface area contributed by atoms with E-state index in [0.29, 0.717) is 35.7 Å². The molecule has 2 aromatic carbocycles. The average molecular weight is 464 g/mol. The van der Waals surface area contributed by atoms with E-state index >= 15 is 0 Å². The zero-order chi connectivity index (χ0) is 24.8. The number of benzene rings is 2. The number of Topliss-reactive ketones (excluding diaryl/α,β-unsaturated/α-hetero) is 1. The normalized spacial score (nSPS) is 19.7. The number of methoxy groups -OCH3 is 3. The molecule has 0 fully saturated rings. The van der Waals surface area contributed by atoms with E-state index in [2.05, 4.69) is 19.9 Å². The number of hydrogen-bond donors (Lipinski definition) is 0. The zero-order valence-electron chi connectivity index (χ0n) is 21.1. The molecule has 6 nitrogen and oxygen atoms in total. The van der Waals surface area contributed by atoms with E-state index < -0.39 is 0 Å². The van der Waals surface area contributed by atoms with Crippen LogP contribution in [0.1, 0.15) is 55.7 Å². The van der Waals surface area contributed by atoms with Crippen LogP contribution in [0.25, 0.3) is 0 Å². The van der Waals surface area contributed by atoms with Crippen LogP contribution in [-0.2, 0) is 9.59 Å². The number of ether oxygens (including phenoxy) is 3. The van der Waals surface area contributed by atoms with Gasteiger partial charge in [0.25, 0.3) is 0 Å². The third-order valence-corrected chi connectivity index (χ3v) is 6.70. The summed E-state index contributed by atoms with van der Waals surface area (Å²) in [6.45, 7) is 8.22. The fraction of sp³-hybridized carbons (Fsp3) is 0.429. The molecule has 0 saturated carbocycles.